The van der Waals surface area contributed by atoms with Crippen molar-refractivity contribution in [2.75, 3.05) is 0 Å². The lowest BCUT2D eigenvalue weighted by Crippen LogP contribution is -2.56. The van der Waals surface area contributed by atoms with E-state index >= 15 is 0 Å². The Balaban J connectivity index is 1.45. The fraction of sp³-hybridized carbons (Fsp3) is 0.969. The summed E-state index contributed by atoms with van der Waals surface area (Å²) in [4.78, 5) is 11.7. The molecule has 4 rings (SSSR count). The SMILES string of the molecule is CC[C@H](CC[C@@H](C)[C@H]1CC[C@H]2[C@@H]3CC[C@H]4[C@H](C)[C@@H](OC(C)=O)CC[C@]4(C)[C@H]3CC[C@]12C)C(C)C. The smallest absolute Gasteiger partial charge is 0.302 e. The molecule has 196 valence electrons. The third-order valence-corrected chi connectivity index (χ3v) is 12.7. The summed E-state index contributed by atoms with van der Waals surface area (Å²) in [6, 6.07) is 0. The molecular formula is C32H56O2. The zero-order valence-electron chi connectivity index (χ0n) is 23.9. The van der Waals surface area contributed by atoms with Crippen LogP contribution in [0.1, 0.15) is 126 Å². The lowest BCUT2D eigenvalue weighted by Gasteiger charge is -2.62. The Kier molecular flexibility index (Phi) is 7.87. The predicted octanol–water partition coefficient (Wildman–Crippen LogP) is 8.92. The molecule has 4 saturated carbocycles. The van der Waals surface area contributed by atoms with E-state index in [1.54, 1.807) is 6.92 Å². The summed E-state index contributed by atoms with van der Waals surface area (Å²) in [5.74, 6) is 7.49. The van der Waals surface area contributed by atoms with Crippen molar-refractivity contribution in [3.05, 3.63) is 0 Å². The van der Waals surface area contributed by atoms with Crippen molar-refractivity contribution in [3.63, 3.8) is 0 Å². The second-order valence-corrected chi connectivity index (χ2v) is 14.3. The Bertz CT molecular complexity index is 714. The van der Waals surface area contributed by atoms with Gasteiger partial charge in [0, 0.05) is 6.92 Å². The zero-order valence-corrected chi connectivity index (χ0v) is 23.9. The van der Waals surface area contributed by atoms with Crippen molar-refractivity contribution in [2.24, 2.45) is 64.1 Å². The molecular weight excluding hydrogens is 416 g/mol. The Labute approximate surface area is 211 Å². The number of hydrogen-bond donors (Lipinski definition) is 0. The van der Waals surface area contributed by atoms with E-state index in [-0.39, 0.29) is 12.1 Å². The van der Waals surface area contributed by atoms with Crippen molar-refractivity contribution in [3.8, 4) is 0 Å². The average Bonchev–Trinajstić information content (AvgIpc) is 3.13. The van der Waals surface area contributed by atoms with Gasteiger partial charge in [0.15, 0.2) is 0 Å². The van der Waals surface area contributed by atoms with Crippen LogP contribution in [0.25, 0.3) is 0 Å². The molecule has 4 fully saturated rings. The Morgan fingerprint density at radius 1 is 0.882 bits per heavy atom. The normalized spacial score (nSPS) is 45.7. The zero-order chi connectivity index (χ0) is 24.8. The van der Waals surface area contributed by atoms with Crippen molar-refractivity contribution >= 4 is 5.97 Å². The van der Waals surface area contributed by atoms with E-state index in [1.165, 1.54) is 64.2 Å². The van der Waals surface area contributed by atoms with Crippen LogP contribution in [0.5, 0.6) is 0 Å². The van der Waals surface area contributed by atoms with E-state index in [2.05, 4.69) is 48.5 Å². The summed E-state index contributed by atoms with van der Waals surface area (Å²) in [6.07, 6.45) is 15.4. The van der Waals surface area contributed by atoms with E-state index in [1.807, 2.05) is 0 Å². The van der Waals surface area contributed by atoms with Gasteiger partial charge in [-0.2, -0.15) is 0 Å². The number of rotatable bonds is 7. The molecule has 0 unspecified atom stereocenters. The molecule has 0 radical (unpaired) electrons. The molecule has 0 aromatic carbocycles. The third-order valence-electron chi connectivity index (χ3n) is 12.7. The highest BCUT2D eigenvalue weighted by Gasteiger charge is 2.61. The first kappa shape index (κ1) is 26.5. The molecule has 2 nitrogen and oxygen atoms in total. The maximum Gasteiger partial charge on any atom is 0.302 e. The number of ether oxygens (including phenoxy) is 1. The summed E-state index contributed by atoms with van der Waals surface area (Å²) in [5.41, 5.74) is 1.03. The van der Waals surface area contributed by atoms with Crippen LogP contribution in [0, 0.1) is 64.1 Å². The number of hydrogen-bond acceptors (Lipinski definition) is 2. The average molecular weight is 473 g/mol. The van der Waals surface area contributed by atoms with Gasteiger partial charge in [-0.15, -0.1) is 0 Å². The minimum Gasteiger partial charge on any atom is -0.462 e. The van der Waals surface area contributed by atoms with Crippen molar-refractivity contribution in [1.29, 1.82) is 0 Å². The van der Waals surface area contributed by atoms with Crippen LogP contribution in [0.2, 0.25) is 0 Å². The van der Waals surface area contributed by atoms with Crippen LogP contribution in [-0.2, 0) is 9.53 Å². The van der Waals surface area contributed by atoms with Gasteiger partial charge in [0.05, 0.1) is 0 Å². The molecule has 11 atom stereocenters. The maximum absolute atomic E-state index is 11.7. The van der Waals surface area contributed by atoms with Crippen molar-refractivity contribution in [2.45, 2.75) is 132 Å². The molecule has 0 amide bonds. The summed E-state index contributed by atoms with van der Waals surface area (Å²) in [6.45, 7) is 19.2. The molecule has 34 heavy (non-hydrogen) atoms. The topological polar surface area (TPSA) is 26.3 Å². The highest BCUT2D eigenvalue weighted by atomic mass is 16.5. The van der Waals surface area contributed by atoms with Gasteiger partial charge >= 0.3 is 5.97 Å². The Morgan fingerprint density at radius 2 is 1.53 bits per heavy atom. The van der Waals surface area contributed by atoms with Crippen LogP contribution in [0.15, 0.2) is 0 Å². The van der Waals surface area contributed by atoms with Gasteiger partial charge in [0.25, 0.3) is 0 Å². The molecule has 4 aliphatic rings. The second kappa shape index (κ2) is 10.1. The van der Waals surface area contributed by atoms with Gasteiger partial charge in [-0.05, 0) is 122 Å². The number of carbonyl (C=O) groups excluding carboxylic acids is 1. The number of fused-ring (bicyclic) bond motifs is 5. The first-order valence-corrected chi connectivity index (χ1v) is 15.2. The first-order chi connectivity index (χ1) is 16.0. The fourth-order valence-electron chi connectivity index (χ4n) is 10.7. The fourth-order valence-corrected chi connectivity index (χ4v) is 10.7. The minimum atomic E-state index is -0.0904. The lowest BCUT2D eigenvalue weighted by molar-refractivity contribution is -0.173. The highest BCUT2D eigenvalue weighted by Crippen LogP contribution is 2.69. The van der Waals surface area contributed by atoms with Gasteiger partial charge in [0.1, 0.15) is 6.10 Å². The van der Waals surface area contributed by atoms with Crippen LogP contribution < -0.4 is 0 Å². The standard InChI is InChI=1S/C32H56O2/c1-9-24(20(2)3)11-10-21(4)26-14-15-28-25-12-13-27-22(5)30(34-23(6)33)17-19-32(27,8)29(25)16-18-31(26,28)7/h20-22,24-30H,9-19H2,1-8H3/t21-,22+,24-,25+,26-,27+,28+,29+,30+,31-,32+/m1/s1. The van der Waals surface area contributed by atoms with Crippen LogP contribution in [-0.4, -0.2) is 12.1 Å². The van der Waals surface area contributed by atoms with Gasteiger partial charge in [0.2, 0.25) is 0 Å². The highest BCUT2D eigenvalue weighted by molar-refractivity contribution is 5.66. The molecule has 2 heteroatoms. The van der Waals surface area contributed by atoms with E-state index in [0.29, 0.717) is 16.7 Å². The van der Waals surface area contributed by atoms with Crippen LogP contribution >= 0.6 is 0 Å². The summed E-state index contributed by atoms with van der Waals surface area (Å²) >= 11 is 0. The number of esters is 1. The number of carbonyl (C=O) groups is 1. The van der Waals surface area contributed by atoms with Gasteiger partial charge in [-0.3, -0.25) is 4.79 Å². The predicted molar refractivity (Wildman–Crippen MR) is 142 cm³/mol. The Hall–Kier alpha value is -0.530. The van der Waals surface area contributed by atoms with Crippen LogP contribution in [0.3, 0.4) is 0 Å². The molecule has 0 aromatic rings. The summed E-state index contributed by atoms with van der Waals surface area (Å²) in [5, 5.41) is 0. The summed E-state index contributed by atoms with van der Waals surface area (Å²) < 4.78 is 5.78. The third kappa shape index (κ3) is 4.51. The van der Waals surface area contributed by atoms with Gasteiger partial charge in [-0.1, -0.05) is 61.3 Å². The van der Waals surface area contributed by atoms with Crippen molar-refractivity contribution < 1.29 is 9.53 Å². The van der Waals surface area contributed by atoms with E-state index in [4.69, 9.17) is 4.74 Å². The van der Waals surface area contributed by atoms with E-state index < -0.39 is 0 Å². The van der Waals surface area contributed by atoms with Crippen LogP contribution in [0.4, 0.5) is 0 Å². The first-order valence-electron chi connectivity index (χ1n) is 15.2. The van der Waals surface area contributed by atoms with Gasteiger partial charge in [-0.25, -0.2) is 0 Å². The summed E-state index contributed by atoms with van der Waals surface area (Å²) in [7, 11) is 0. The van der Waals surface area contributed by atoms with Gasteiger partial charge < -0.3 is 4.74 Å². The van der Waals surface area contributed by atoms with E-state index in [0.717, 1.165) is 53.8 Å². The van der Waals surface area contributed by atoms with Crippen molar-refractivity contribution in [1.82, 2.24) is 0 Å². The Morgan fingerprint density at radius 3 is 2.18 bits per heavy atom. The monoisotopic (exact) mass is 472 g/mol. The lowest BCUT2D eigenvalue weighted by atomic mass is 9.43. The molecule has 0 heterocycles. The van der Waals surface area contributed by atoms with E-state index in [9.17, 15) is 4.79 Å². The maximum atomic E-state index is 11.7. The molecule has 0 saturated heterocycles. The minimum absolute atomic E-state index is 0.0904. The molecule has 4 aliphatic carbocycles. The molecule has 0 aliphatic heterocycles. The largest absolute Gasteiger partial charge is 0.462 e. The quantitative estimate of drug-likeness (QED) is 0.346. The molecule has 0 spiro atoms. The molecule has 0 N–H and O–H groups in total. The second-order valence-electron chi connectivity index (χ2n) is 14.3. The molecule has 0 bridgehead atoms. The molecule has 0 aromatic heterocycles.